The molecule has 0 saturated heterocycles. The van der Waals surface area contributed by atoms with Crippen LogP contribution < -0.4 is 10.1 Å². The number of fused-ring (bicyclic) bond motifs is 1. The van der Waals surface area contributed by atoms with E-state index in [1.807, 2.05) is 7.05 Å². The Hall–Kier alpha value is -1.23. The molecule has 1 aromatic rings. The lowest BCUT2D eigenvalue weighted by Gasteiger charge is -2.23. The number of benzene rings is 1. The first-order valence-electron chi connectivity index (χ1n) is 5.04. The molecule has 0 aliphatic carbocycles. The lowest BCUT2D eigenvalue weighted by molar-refractivity contribution is 0.0691. The van der Waals surface area contributed by atoms with E-state index in [1.54, 1.807) is 6.07 Å². The first-order chi connectivity index (χ1) is 7.65. The zero-order valence-corrected chi connectivity index (χ0v) is 10.4. The van der Waals surface area contributed by atoms with Crippen molar-refractivity contribution in [2.75, 3.05) is 19.0 Å². The van der Waals surface area contributed by atoms with Gasteiger partial charge < -0.3 is 15.2 Å². The monoisotopic (exact) mass is 285 g/mol. The number of nitrogens with one attached hydrogen (secondary N) is 1. The number of halogens is 1. The molecule has 0 atom stereocenters. The van der Waals surface area contributed by atoms with Crippen LogP contribution in [0.4, 0.5) is 5.69 Å². The summed E-state index contributed by atoms with van der Waals surface area (Å²) in [6.45, 7) is 0.581. The van der Waals surface area contributed by atoms with Crippen LogP contribution in [0.25, 0.3) is 0 Å². The van der Waals surface area contributed by atoms with Crippen LogP contribution in [0.15, 0.2) is 10.5 Å². The number of ether oxygens (including phenoxy) is 1. The third-order valence-electron chi connectivity index (χ3n) is 2.63. The molecular formula is C11H12BrNO3. The lowest BCUT2D eigenvalue weighted by atomic mass is 10.00. The summed E-state index contributed by atoms with van der Waals surface area (Å²) in [6, 6.07) is 1.58. The molecule has 0 aromatic heterocycles. The van der Waals surface area contributed by atoms with Crippen molar-refractivity contribution in [3.05, 3.63) is 21.7 Å². The molecule has 0 unspecified atom stereocenters. The molecule has 0 spiro atoms. The van der Waals surface area contributed by atoms with Gasteiger partial charge in [0.2, 0.25) is 0 Å². The molecule has 1 aromatic carbocycles. The standard InChI is InChI=1S/C11H12BrNO3/c1-13-9-6-3-2-4-16-10(6)7(11(14)15)5-8(9)12/h5,13H,2-4H2,1H3,(H,14,15). The van der Waals surface area contributed by atoms with E-state index in [1.165, 1.54) is 0 Å². The second-order valence-corrected chi connectivity index (χ2v) is 4.45. The summed E-state index contributed by atoms with van der Waals surface area (Å²) in [5.41, 5.74) is 2.08. The average Bonchev–Trinajstić information content (AvgIpc) is 2.28. The van der Waals surface area contributed by atoms with Crippen LogP contribution in [0.3, 0.4) is 0 Å². The number of hydrogen-bond acceptors (Lipinski definition) is 3. The highest BCUT2D eigenvalue weighted by molar-refractivity contribution is 9.10. The van der Waals surface area contributed by atoms with Gasteiger partial charge in [0, 0.05) is 17.1 Å². The largest absolute Gasteiger partial charge is 0.492 e. The minimum Gasteiger partial charge on any atom is -0.492 e. The molecule has 0 radical (unpaired) electrons. The van der Waals surface area contributed by atoms with E-state index in [0.29, 0.717) is 12.4 Å². The van der Waals surface area contributed by atoms with Crippen LogP contribution in [-0.2, 0) is 6.42 Å². The van der Waals surface area contributed by atoms with E-state index < -0.39 is 5.97 Å². The maximum Gasteiger partial charge on any atom is 0.339 e. The summed E-state index contributed by atoms with van der Waals surface area (Å²) in [7, 11) is 1.81. The van der Waals surface area contributed by atoms with E-state index in [9.17, 15) is 4.79 Å². The minimum atomic E-state index is -0.957. The third-order valence-corrected chi connectivity index (χ3v) is 3.25. The van der Waals surface area contributed by atoms with Gasteiger partial charge in [-0.25, -0.2) is 4.79 Å². The van der Waals surface area contributed by atoms with Crippen LogP contribution in [0, 0.1) is 0 Å². The molecule has 16 heavy (non-hydrogen) atoms. The molecule has 5 heteroatoms. The maximum absolute atomic E-state index is 11.1. The summed E-state index contributed by atoms with van der Waals surface area (Å²) < 4.78 is 6.23. The van der Waals surface area contributed by atoms with Gasteiger partial charge in [0.05, 0.1) is 12.3 Å². The van der Waals surface area contributed by atoms with Gasteiger partial charge in [-0.15, -0.1) is 0 Å². The molecule has 1 heterocycles. The lowest BCUT2D eigenvalue weighted by Crippen LogP contribution is -2.15. The highest BCUT2D eigenvalue weighted by Gasteiger charge is 2.23. The molecule has 1 aliphatic rings. The first-order valence-corrected chi connectivity index (χ1v) is 5.83. The molecule has 1 aliphatic heterocycles. The number of carboxylic acids is 1. The molecule has 0 bridgehead atoms. The highest BCUT2D eigenvalue weighted by Crippen LogP contribution is 2.39. The van der Waals surface area contributed by atoms with Crippen LogP contribution in [0.5, 0.6) is 5.75 Å². The van der Waals surface area contributed by atoms with E-state index >= 15 is 0 Å². The first kappa shape index (κ1) is 11.3. The molecule has 4 nitrogen and oxygen atoms in total. The minimum absolute atomic E-state index is 0.223. The zero-order chi connectivity index (χ0) is 11.7. The van der Waals surface area contributed by atoms with Crippen LogP contribution in [0.1, 0.15) is 22.3 Å². The van der Waals surface area contributed by atoms with E-state index in [-0.39, 0.29) is 5.56 Å². The number of carboxylic acid groups (broad SMARTS) is 1. The molecule has 0 fully saturated rings. The van der Waals surface area contributed by atoms with Gasteiger partial charge in [-0.3, -0.25) is 0 Å². The maximum atomic E-state index is 11.1. The quantitative estimate of drug-likeness (QED) is 0.877. The van der Waals surface area contributed by atoms with Crippen molar-refractivity contribution in [1.29, 1.82) is 0 Å². The fourth-order valence-corrected chi connectivity index (χ4v) is 2.61. The van der Waals surface area contributed by atoms with E-state index in [2.05, 4.69) is 21.2 Å². The van der Waals surface area contributed by atoms with Gasteiger partial charge in [0.1, 0.15) is 11.3 Å². The zero-order valence-electron chi connectivity index (χ0n) is 8.84. The van der Waals surface area contributed by atoms with Crippen LogP contribution in [0.2, 0.25) is 0 Å². The van der Waals surface area contributed by atoms with Crippen LogP contribution in [-0.4, -0.2) is 24.7 Å². The molecule has 2 N–H and O–H groups in total. The number of rotatable bonds is 2. The Morgan fingerprint density at radius 2 is 2.38 bits per heavy atom. The Bertz CT molecular complexity index is 445. The number of anilines is 1. The second kappa shape index (κ2) is 4.33. The Balaban J connectivity index is 2.67. The van der Waals surface area contributed by atoms with Crippen molar-refractivity contribution in [3.63, 3.8) is 0 Å². The predicted molar refractivity (Wildman–Crippen MR) is 64.5 cm³/mol. The molecular weight excluding hydrogens is 274 g/mol. The fourth-order valence-electron chi connectivity index (χ4n) is 1.94. The topological polar surface area (TPSA) is 58.6 Å². The van der Waals surface area contributed by atoms with Gasteiger partial charge in [-0.2, -0.15) is 0 Å². The molecule has 0 amide bonds. The van der Waals surface area contributed by atoms with Crippen molar-refractivity contribution < 1.29 is 14.6 Å². The second-order valence-electron chi connectivity index (χ2n) is 3.60. The van der Waals surface area contributed by atoms with Crippen molar-refractivity contribution in [2.45, 2.75) is 12.8 Å². The Morgan fingerprint density at radius 3 is 3.00 bits per heavy atom. The van der Waals surface area contributed by atoms with Crippen molar-refractivity contribution in [3.8, 4) is 5.75 Å². The van der Waals surface area contributed by atoms with E-state index in [0.717, 1.165) is 28.6 Å². The molecule has 2 rings (SSSR count). The molecule has 86 valence electrons. The molecule has 0 saturated carbocycles. The van der Waals surface area contributed by atoms with Gasteiger partial charge >= 0.3 is 5.97 Å². The number of aromatic carboxylic acids is 1. The normalized spacial score (nSPS) is 13.9. The van der Waals surface area contributed by atoms with Crippen molar-refractivity contribution in [2.24, 2.45) is 0 Å². The highest BCUT2D eigenvalue weighted by atomic mass is 79.9. The van der Waals surface area contributed by atoms with Gasteiger partial charge in [-0.1, -0.05) is 0 Å². The summed E-state index contributed by atoms with van der Waals surface area (Å²) in [4.78, 5) is 11.1. The van der Waals surface area contributed by atoms with Gasteiger partial charge in [-0.05, 0) is 34.8 Å². The Labute approximate surface area is 102 Å². The SMILES string of the molecule is CNc1c(Br)cc(C(=O)O)c2c1CCCO2. The number of hydrogen-bond donors (Lipinski definition) is 2. The summed E-state index contributed by atoms with van der Waals surface area (Å²) in [6.07, 6.45) is 1.75. The van der Waals surface area contributed by atoms with Gasteiger partial charge in [0.15, 0.2) is 0 Å². The van der Waals surface area contributed by atoms with Gasteiger partial charge in [0.25, 0.3) is 0 Å². The average molecular weight is 286 g/mol. The smallest absolute Gasteiger partial charge is 0.339 e. The van der Waals surface area contributed by atoms with Crippen LogP contribution >= 0.6 is 15.9 Å². The fraction of sp³-hybridized carbons (Fsp3) is 0.364. The Kier molecular flexibility index (Phi) is 3.05. The third kappa shape index (κ3) is 1.75. The van der Waals surface area contributed by atoms with E-state index in [4.69, 9.17) is 9.84 Å². The van der Waals surface area contributed by atoms with Crippen molar-refractivity contribution in [1.82, 2.24) is 0 Å². The summed E-state index contributed by atoms with van der Waals surface area (Å²) >= 11 is 3.37. The number of carbonyl (C=O) groups is 1. The Morgan fingerprint density at radius 1 is 1.62 bits per heavy atom. The summed E-state index contributed by atoms with van der Waals surface area (Å²) in [5.74, 6) is -0.451. The summed E-state index contributed by atoms with van der Waals surface area (Å²) in [5, 5.41) is 12.2. The predicted octanol–water partition coefficient (Wildman–Crippen LogP) is 2.51. The van der Waals surface area contributed by atoms with Crippen molar-refractivity contribution >= 4 is 27.6 Å².